The van der Waals surface area contributed by atoms with Crippen LogP contribution in [0.2, 0.25) is 0 Å². The molecule has 0 fully saturated rings. The van der Waals surface area contributed by atoms with Crippen molar-refractivity contribution in [3.63, 3.8) is 0 Å². The van der Waals surface area contributed by atoms with Crippen molar-refractivity contribution >= 4 is 17.9 Å². The topological polar surface area (TPSA) is 171 Å². The number of aromatic nitrogens is 4. The Balaban J connectivity index is 0.000000366. The fourth-order valence-corrected chi connectivity index (χ4v) is 4.19. The summed E-state index contributed by atoms with van der Waals surface area (Å²) in [5.74, 6) is -5.16. The molecule has 13 heteroatoms. The molecule has 3 aromatic rings. The van der Waals surface area contributed by atoms with Crippen LogP contribution in [0.4, 0.5) is 4.39 Å². The summed E-state index contributed by atoms with van der Waals surface area (Å²) in [6.45, 7) is 10.3. The average molecular weight is 562 g/mol. The maximum absolute atomic E-state index is 14.2. The summed E-state index contributed by atoms with van der Waals surface area (Å²) >= 11 is 0. The van der Waals surface area contributed by atoms with Crippen molar-refractivity contribution < 1.29 is 39.2 Å². The third kappa shape index (κ3) is 9.58. The van der Waals surface area contributed by atoms with Gasteiger partial charge in [0.15, 0.2) is 5.60 Å². The van der Waals surface area contributed by atoms with Crippen molar-refractivity contribution in [3.8, 4) is 0 Å². The van der Waals surface area contributed by atoms with Gasteiger partial charge in [-0.15, -0.1) is 0 Å². The van der Waals surface area contributed by atoms with Gasteiger partial charge in [-0.3, -0.25) is 19.2 Å². The van der Waals surface area contributed by atoms with Crippen LogP contribution in [0.5, 0.6) is 0 Å². The largest absolute Gasteiger partial charge is 0.481 e. The molecule has 0 atom stereocenters. The molecule has 0 unspecified atom stereocenters. The number of carboxylic acid groups (broad SMARTS) is 3. The van der Waals surface area contributed by atoms with Gasteiger partial charge in [0.1, 0.15) is 5.82 Å². The standard InChI is InChI=1S/C21H28FN5.C6H8O7/c1-4-27-18(3)20(17(2)24-27)15-26(12-7-11-25-13-10-23-16-25)14-19-8-5-6-9-21(19)22;7-3(8)1-6(13,5(11)12)2-4(9)10/h5-6,8-10,13,16H,4,7,11-12,14-15H2,1-3H3;13H,1-2H2,(H,7,8)(H,9,10)(H,11,12). The van der Waals surface area contributed by atoms with Crippen LogP contribution in [0, 0.1) is 19.7 Å². The second-order valence-electron chi connectivity index (χ2n) is 9.40. The van der Waals surface area contributed by atoms with Crippen LogP contribution in [-0.4, -0.2) is 74.7 Å². The van der Waals surface area contributed by atoms with E-state index in [-0.39, 0.29) is 5.82 Å². The molecule has 0 saturated heterocycles. The number of aryl methyl sites for hydroxylation is 3. The summed E-state index contributed by atoms with van der Waals surface area (Å²) in [5.41, 5.74) is 1.50. The van der Waals surface area contributed by atoms with Crippen LogP contribution in [0.25, 0.3) is 0 Å². The van der Waals surface area contributed by atoms with Crippen molar-refractivity contribution in [2.45, 2.75) is 71.8 Å². The average Bonchev–Trinajstić information content (AvgIpc) is 3.48. The van der Waals surface area contributed by atoms with Crippen LogP contribution in [0.1, 0.15) is 48.7 Å². The highest BCUT2D eigenvalue weighted by molar-refractivity contribution is 5.88. The van der Waals surface area contributed by atoms with E-state index in [1.165, 1.54) is 17.3 Å². The molecule has 2 heterocycles. The summed E-state index contributed by atoms with van der Waals surface area (Å²) in [7, 11) is 0. The van der Waals surface area contributed by atoms with Crippen molar-refractivity contribution in [1.29, 1.82) is 0 Å². The molecule has 0 radical (unpaired) electrons. The molecule has 0 aliphatic rings. The molecule has 0 spiro atoms. The minimum atomic E-state index is -2.74. The number of rotatable bonds is 14. The number of aliphatic hydroxyl groups is 1. The zero-order valence-electron chi connectivity index (χ0n) is 22.8. The van der Waals surface area contributed by atoms with Crippen LogP contribution in [-0.2, 0) is 40.6 Å². The van der Waals surface area contributed by atoms with E-state index in [1.54, 1.807) is 12.3 Å². The van der Waals surface area contributed by atoms with E-state index < -0.39 is 36.4 Å². The summed E-state index contributed by atoms with van der Waals surface area (Å²) in [6.07, 6.45) is 4.29. The van der Waals surface area contributed by atoms with E-state index in [0.717, 1.165) is 43.9 Å². The van der Waals surface area contributed by atoms with E-state index in [0.29, 0.717) is 6.54 Å². The van der Waals surface area contributed by atoms with Gasteiger partial charge in [-0.2, -0.15) is 5.10 Å². The number of carbonyl (C=O) groups is 3. The Bertz CT molecular complexity index is 1260. The lowest BCUT2D eigenvalue weighted by molar-refractivity contribution is -0.170. The van der Waals surface area contributed by atoms with Gasteiger partial charge in [0.05, 0.1) is 24.9 Å². The Morgan fingerprint density at radius 1 is 1.05 bits per heavy atom. The molecule has 4 N–H and O–H groups in total. The SMILES string of the molecule is CCn1nc(C)c(CN(CCCn2ccnc2)Cc2ccccc2F)c1C.O=C(O)CC(O)(CC(=O)O)C(=O)O. The van der Waals surface area contributed by atoms with Crippen molar-refractivity contribution in [2.24, 2.45) is 0 Å². The first-order chi connectivity index (χ1) is 18.9. The van der Waals surface area contributed by atoms with Gasteiger partial charge in [-0.25, -0.2) is 14.2 Å². The first-order valence-electron chi connectivity index (χ1n) is 12.7. The lowest BCUT2D eigenvalue weighted by Crippen LogP contribution is -2.42. The van der Waals surface area contributed by atoms with Gasteiger partial charge in [-0.1, -0.05) is 18.2 Å². The van der Waals surface area contributed by atoms with Crippen molar-refractivity contribution in [3.05, 3.63) is 71.3 Å². The number of hydrogen-bond acceptors (Lipinski definition) is 7. The Morgan fingerprint density at radius 3 is 2.20 bits per heavy atom. The number of aliphatic carboxylic acids is 3. The molecule has 3 rings (SSSR count). The molecule has 12 nitrogen and oxygen atoms in total. The molecule has 2 aromatic heterocycles. The fraction of sp³-hybridized carbons (Fsp3) is 0.444. The van der Waals surface area contributed by atoms with E-state index in [2.05, 4.69) is 40.3 Å². The van der Waals surface area contributed by atoms with E-state index >= 15 is 0 Å². The first-order valence-corrected chi connectivity index (χ1v) is 12.7. The maximum Gasteiger partial charge on any atom is 0.336 e. The van der Waals surface area contributed by atoms with Gasteiger partial charge in [-0.05, 0) is 33.3 Å². The third-order valence-electron chi connectivity index (χ3n) is 6.30. The molecular formula is C27H36FN5O7. The molecule has 0 saturated carbocycles. The Labute approximate surface area is 231 Å². The monoisotopic (exact) mass is 561 g/mol. The van der Waals surface area contributed by atoms with Gasteiger partial charge < -0.3 is 25.0 Å². The minimum absolute atomic E-state index is 0.144. The van der Waals surface area contributed by atoms with Crippen LogP contribution in [0.15, 0.2) is 43.0 Å². The Kier molecular flexibility index (Phi) is 12.0. The highest BCUT2D eigenvalue weighted by Gasteiger charge is 2.40. The number of benzene rings is 1. The molecule has 0 bridgehead atoms. The predicted octanol–water partition coefficient (Wildman–Crippen LogP) is 2.70. The van der Waals surface area contributed by atoms with Crippen molar-refractivity contribution in [2.75, 3.05) is 6.54 Å². The molecule has 218 valence electrons. The van der Waals surface area contributed by atoms with Crippen LogP contribution < -0.4 is 0 Å². The summed E-state index contributed by atoms with van der Waals surface area (Å²) < 4.78 is 18.3. The predicted molar refractivity (Wildman–Crippen MR) is 142 cm³/mol. The number of hydrogen-bond donors (Lipinski definition) is 4. The Morgan fingerprint density at radius 2 is 1.70 bits per heavy atom. The number of carboxylic acids is 3. The molecule has 1 aromatic carbocycles. The van der Waals surface area contributed by atoms with Gasteiger partial charge >= 0.3 is 17.9 Å². The second kappa shape index (κ2) is 14.9. The molecule has 0 aliphatic heterocycles. The second-order valence-corrected chi connectivity index (χ2v) is 9.40. The molecule has 0 amide bonds. The van der Waals surface area contributed by atoms with Crippen LogP contribution >= 0.6 is 0 Å². The number of imidazole rings is 1. The van der Waals surface area contributed by atoms with Gasteiger partial charge in [0.2, 0.25) is 0 Å². The van der Waals surface area contributed by atoms with Crippen molar-refractivity contribution in [1.82, 2.24) is 24.2 Å². The zero-order chi connectivity index (χ0) is 29.9. The highest BCUT2D eigenvalue weighted by atomic mass is 19.1. The highest BCUT2D eigenvalue weighted by Crippen LogP contribution is 2.19. The quantitative estimate of drug-likeness (QED) is 0.229. The smallest absolute Gasteiger partial charge is 0.336 e. The van der Waals surface area contributed by atoms with Crippen LogP contribution in [0.3, 0.4) is 0 Å². The van der Waals surface area contributed by atoms with Gasteiger partial charge in [0, 0.05) is 61.9 Å². The number of nitrogens with zero attached hydrogens (tertiary/aromatic N) is 5. The minimum Gasteiger partial charge on any atom is -0.481 e. The molecule has 0 aliphatic carbocycles. The normalized spacial score (nSPS) is 11.2. The fourth-order valence-electron chi connectivity index (χ4n) is 4.19. The first kappa shape index (κ1) is 32.1. The molecule has 40 heavy (non-hydrogen) atoms. The lowest BCUT2D eigenvalue weighted by Gasteiger charge is -2.23. The Hall–Kier alpha value is -4.10. The van der Waals surface area contributed by atoms with E-state index in [9.17, 15) is 18.8 Å². The lowest BCUT2D eigenvalue weighted by atomic mass is 9.96. The summed E-state index contributed by atoms with van der Waals surface area (Å²) in [5, 5.41) is 38.4. The maximum atomic E-state index is 14.2. The van der Waals surface area contributed by atoms with Gasteiger partial charge in [0.25, 0.3) is 0 Å². The van der Waals surface area contributed by atoms with E-state index in [1.807, 2.05) is 29.3 Å². The molecular weight excluding hydrogens is 525 g/mol. The van der Waals surface area contributed by atoms with E-state index in [4.69, 9.17) is 20.4 Å². The summed E-state index contributed by atoms with van der Waals surface area (Å²) in [6, 6.07) is 7.04. The zero-order valence-corrected chi connectivity index (χ0v) is 22.8. The number of halogens is 1. The third-order valence-corrected chi connectivity index (χ3v) is 6.30. The summed E-state index contributed by atoms with van der Waals surface area (Å²) in [4.78, 5) is 36.9.